The molecule has 1 aliphatic rings. The molecule has 0 radical (unpaired) electrons. The van der Waals surface area contributed by atoms with Crippen LogP contribution in [0, 0.1) is 0 Å². The number of methoxy groups -OCH3 is 1. The van der Waals surface area contributed by atoms with Gasteiger partial charge in [0, 0.05) is 13.2 Å². The van der Waals surface area contributed by atoms with Crippen molar-refractivity contribution in [2.24, 2.45) is 0 Å². The minimum absolute atomic E-state index is 0.119. The van der Waals surface area contributed by atoms with E-state index in [1.807, 2.05) is 12.1 Å². The summed E-state index contributed by atoms with van der Waals surface area (Å²) >= 11 is 0. The molecular weight excluding hydrogens is 360 g/mol. The van der Waals surface area contributed by atoms with E-state index in [9.17, 15) is 23.4 Å². The molecule has 0 atom stereocenters. The van der Waals surface area contributed by atoms with Crippen LogP contribution in [0.1, 0.15) is 16.7 Å². The van der Waals surface area contributed by atoms with Crippen LogP contribution in [-0.2, 0) is 21.2 Å². The van der Waals surface area contributed by atoms with Gasteiger partial charge in [0.05, 0.1) is 12.7 Å². The fourth-order valence-corrected chi connectivity index (χ4v) is 3.99. The van der Waals surface area contributed by atoms with Crippen molar-refractivity contribution in [1.82, 2.24) is 9.29 Å². The topological polar surface area (TPSA) is 117 Å². The number of hydrogen-bond acceptors (Lipinski definition) is 6. The first-order valence-corrected chi connectivity index (χ1v) is 8.97. The Kier molecular flexibility index (Phi) is 4.33. The number of ether oxygens (including phenoxy) is 1. The summed E-state index contributed by atoms with van der Waals surface area (Å²) in [6, 6.07) is 8.72. The Morgan fingerprint density at radius 2 is 1.88 bits per heavy atom. The Morgan fingerprint density at radius 3 is 2.46 bits per heavy atom. The van der Waals surface area contributed by atoms with Gasteiger partial charge in [0.2, 0.25) is 0 Å². The number of hydrogen-bond donors (Lipinski definition) is 2. The Morgan fingerprint density at radius 1 is 1.23 bits per heavy atom. The summed E-state index contributed by atoms with van der Waals surface area (Å²) in [5.41, 5.74) is 0.725. The lowest BCUT2D eigenvalue weighted by Crippen LogP contribution is -2.35. The number of carboxylic acids is 1. The molecule has 1 aromatic carbocycles. The summed E-state index contributed by atoms with van der Waals surface area (Å²) < 4.78 is 30.5. The molecule has 1 aromatic heterocycles. The second kappa shape index (κ2) is 6.34. The Hall–Kier alpha value is -3.07. The molecule has 0 fully saturated rings. The van der Waals surface area contributed by atoms with Crippen molar-refractivity contribution >= 4 is 21.8 Å². The quantitative estimate of drug-likeness (QED) is 0.833. The molecule has 2 aromatic rings. The van der Waals surface area contributed by atoms with E-state index in [4.69, 9.17) is 4.74 Å². The number of aliphatic hydroxyl groups excluding tert-OH is 1. The van der Waals surface area contributed by atoms with Gasteiger partial charge in [0.1, 0.15) is 5.75 Å². The van der Waals surface area contributed by atoms with Crippen molar-refractivity contribution in [3.05, 3.63) is 58.9 Å². The molecule has 0 amide bonds. The number of fused-ring (bicyclic) bond motifs is 1. The van der Waals surface area contributed by atoms with Crippen LogP contribution in [0.2, 0.25) is 0 Å². The van der Waals surface area contributed by atoms with Gasteiger partial charge < -0.3 is 14.9 Å². The monoisotopic (exact) mass is 376 g/mol. The summed E-state index contributed by atoms with van der Waals surface area (Å²) in [4.78, 5) is 15.3. The molecule has 0 saturated heterocycles. The van der Waals surface area contributed by atoms with Gasteiger partial charge in [-0.1, -0.05) is 12.1 Å². The third-order valence-electron chi connectivity index (χ3n) is 4.08. The van der Waals surface area contributed by atoms with E-state index in [-0.39, 0.29) is 10.6 Å². The Labute approximate surface area is 150 Å². The van der Waals surface area contributed by atoms with Gasteiger partial charge in [-0.3, -0.25) is 4.31 Å². The highest BCUT2D eigenvalue weighted by Crippen LogP contribution is 2.34. The normalized spacial score (nSPS) is 15.5. The number of carbonyl (C=O) groups is 1. The zero-order chi connectivity index (χ0) is 19.1. The second-order valence-electron chi connectivity index (χ2n) is 5.70. The van der Waals surface area contributed by atoms with Crippen molar-refractivity contribution < 1.29 is 28.2 Å². The molecule has 2 N–H and O–H groups in total. The lowest BCUT2D eigenvalue weighted by atomic mass is 10.0. The lowest BCUT2D eigenvalue weighted by Gasteiger charge is -2.26. The van der Waals surface area contributed by atoms with Crippen molar-refractivity contribution in [2.75, 3.05) is 14.2 Å². The molecule has 1 aliphatic heterocycles. The number of likely N-dealkylation sites (N-methyl/N-ethyl adjacent to an activating group) is 1. The molecule has 0 aliphatic carbocycles. The van der Waals surface area contributed by atoms with Gasteiger partial charge in [0.15, 0.2) is 16.5 Å². The molecule has 0 spiro atoms. The number of pyridine rings is 1. The van der Waals surface area contributed by atoms with Crippen LogP contribution in [-0.4, -0.2) is 48.0 Å². The predicted molar refractivity (Wildman–Crippen MR) is 92.2 cm³/mol. The minimum atomic E-state index is -4.14. The SMILES string of the molecule is COc1ccc(Cc2cnc3c(c2)C(O)=C(C(=O)O)N(C)S3(=O)=O)cc1. The van der Waals surface area contributed by atoms with E-state index in [1.165, 1.54) is 12.3 Å². The van der Waals surface area contributed by atoms with Gasteiger partial charge in [-0.15, -0.1) is 0 Å². The fraction of sp³-hybridized carbons (Fsp3) is 0.176. The molecule has 9 heteroatoms. The fourth-order valence-electron chi connectivity index (χ4n) is 2.71. The highest BCUT2D eigenvalue weighted by atomic mass is 32.2. The van der Waals surface area contributed by atoms with Gasteiger partial charge >= 0.3 is 5.97 Å². The molecule has 136 valence electrons. The van der Waals surface area contributed by atoms with Gasteiger partial charge in [-0.25, -0.2) is 9.78 Å². The number of aliphatic hydroxyl groups is 1. The van der Waals surface area contributed by atoms with Crippen LogP contribution < -0.4 is 4.74 Å². The zero-order valence-corrected chi connectivity index (χ0v) is 14.8. The van der Waals surface area contributed by atoms with Crippen molar-refractivity contribution in [3.8, 4) is 5.75 Å². The van der Waals surface area contributed by atoms with Gasteiger partial charge in [0.25, 0.3) is 10.0 Å². The summed E-state index contributed by atoms with van der Waals surface area (Å²) in [6.07, 6.45) is 1.82. The maximum atomic E-state index is 12.4. The van der Waals surface area contributed by atoms with Crippen LogP contribution in [0.15, 0.2) is 47.3 Å². The molecule has 3 rings (SSSR count). The number of rotatable bonds is 4. The maximum Gasteiger partial charge on any atom is 0.357 e. The number of benzene rings is 1. The smallest absolute Gasteiger partial charge is 0.357 e. The first-order valence-electron chi connectivity index (χ1n) is 7.53. The lowest BCUT2D eigenvalue weighted by molar-refractivity contribution is -0.133. The number of sulfonamides is 1. The van der Waals surface area contributed by atoms with Crippen LogP contribution in [0.3, 0.4) is 0 Å². The molecule has 0 unspecified atom stereocenters. The van der Waals surface area contributed by atoms with E-state index in [1.54, 1.807) is 19.2 Å². The zero-order valence-electron chi connectivity index (χ0n) is 14.0. The average Bonchev–Trinajstić information content (AvgIpc) is 2.61. The van der Waals surface area contributed by atoms with E-state index in [2.05, 4.69) is 4.98 Å². The third-order valence-corrected chi connectivity index (χ3v) is 5.79. The Balaban J connectivity index is 2.06. The molecule has 0 bridgehead atoms. The minimum Gasteiger partial charge on any atom is -0.505 e. The summed E-state index contributed by atoms with van der Waals surface area (Å²) in [6.45, 7) is 0. The third kappa shape index (κ3) is 2.86. The van der Waals surface area contributed by atoms with Crippen molar-refractivity contribution in [3.63, 3.8) is 0 Å². The van der Waals surface area contributed by atoms with Gasteiger partial charge in [-0.2, -0.15) is 8.42 Å². The number of carboxylic acid groups (broad SMARTS) is 1. The van der Waals surface area contributed by atoms with Gasteiger partial charge in [-0.05, 0) is 35.7 Å². The summed E-state index contributed by atoms with van der Waals surface area (Å²) in [5, 5.41) is 19.1. The van der Waals surface area contributed by atoms with Crippen molar-refractivity contribution in [1.29, 1.82) is 0 Å². The number of nitrogens with zero attached hydrogens (tertiary/aromatic N) is 2. The van der Waals surface area contributed by atoms with E-state index >= 15 is 0 Å². The Bertz CT molecular complexity index is 1010. The number of aromatic nitrogens is 1. The summed E-state index contributed by atoms with van der Waals surface area (Å²) in [7, 11) is -1.51. The molecule has 8 nitrogen and oxygen atoms in total. The molecule has 26 heavy (non-hydrogen) atoms. The molecule has 2 heterocycles. The van der Waals surface area contributed by atoms with Crippen molar-refractivity contribution in [2.45, 2.75) is 11.4 Å². The molecular formula is C17H16N2O6S. The van der Waals surface area contributed by atoms with Crippen LogP contribution in [0.4, 0.5) is 0 Å². The summed E-state index contributed by atoms with van der Waals surface area (Å²) in [5.74, 6) is -1.47. The predicted octanol–water partition coefficient (Wildman–Crippen LogP) is 1.63. The maximum absolute atomic E-state index is 12.4. The largest absolute Gasteiger partial charge is 0.505 e. The standard InChI is InChI=1S/C17H16N2O6S/c1-19-14(17(21)22)15(20)13-8-11(9-18-16(13)26(19,23)24)7-10-3-5-12(25-2)6-4-10/h3-6,8-9,20H,7H2,1-2H3,(H,21,22). The van der Waals surface area contributed by atoms with Crippen LogP contribution in [0.5, 0.6) is 5.75 Å². The first kappa shape index (κ1) is 17.7. The van der Waals surface area contributed by atoms with E-state index in [0.29, 0.717) is 22.0 Å². The highest BCUT2D eigenvalue weighted by molar-refractivity contribution is 7.89. The highest BCUT2D eigenvalue weighted by Gasteiger charge is 2.39. The second-order valence-corrected chi connectivity index (χ2v) is 7.58. The average molecular weight is 376 g/mol. The van der Waals surface area contributed by atoms with E-state index < -0.39 is 27.4 Å². The van der Waals surface area contributed by atoms with E-state index in [0.717, 1.165) is 12.6 Å². The molecule has 0 saturated carbocycles. The number of aliphatic carboxylic acids is 1. The van der Waals surface area contributed by atoms with Crippen LogP contribution in [0.25, 0.3) is 5.76 Å². The van der Waals surface area contributed by atoms with Crippen LogP contribution >= 0.6 is 0 Å². The first-order chi connectivity index (χ1) is 12.3.